The van der Waals surface area contributed by atoms with E-state index in [1.54, 1.807) is 7.11 Å². The first kappa shape index (κ1) is 14.1. The maximum absolute atomic E-state index is 5.24. The summed E-state index contributed by atoms with van der Waals surface area (Å²) in [6, 6.07) is 8.29. The van der Waals surface area contributed by atoms with Crippen molar-refractivity contribution >= 4 is 0 Å². The number of ether oxygens (including phenoxy) is 1. The van der Waals surface area contributed by atoms with E-state index in [1.807, 2.05) is 19.1 Å². The van der Waals surface area contributed by atoms with Crippen molar-refractivity contribution in [3.63, 3.8) is 0 Å². The van der Waals surface area contributed by atoms with Crippen molar-refractivity contribution in [2.45, 2.75) is 39.5 Å². The largest absolute Gasteiger partial charge is 0.497 e. The summed E-state index contributed by atoms with van der Waals surface area (Å²) in [6.45, 7) is 6.51. The van der Waals surface area contributed by atoms with E-state index in [0.717, 1.165) is 24.4 Å². The molecule has 0 saturated heterocycles. The van der Waals surface area contributed by atoms with Crippen molar-refractivity contribution < 1.29 is 4.74 Å². The first-order valence-corrected chi connectivity index (χ1v) is 7.58. The smallest absolute Gasteiger partial charge is 0.125 e. The summed E-state index contributed by atoms with van der Waals surface area (Å²) in [5, 5.41) is 0. The summed E-state index contributed by atoms with van der Waals surface area (Å²) < 4.78 is 5.24. The summed E-state index contributed by atoms with van der Waals surface area (Å²) in [5.41, 5.74) is 5.10. The van der Waals surface area contributed by atoms with E-state index in [1.165, 1.54) is 22.5 Å². The van der Waals surface area contributed by atoms with Gasteiger partial charge in [0.15, 0.2) is 0 Å². The third-order valence-electron chi connectivity index (χ3n) is 4.36. The normalized spacial score (nSPS) is 18.4. The molecule has 1 heterocycles. The molecule has 0 saturated carbocycles. The van der Waals surface area contributed by atoms with E-state index < -0.39 is 0 Å². The Balaban J connectivity index is 1.99. The van der Waals surface area contributed by atoms with Gasteiger partial charge in [0.1, 0.15) is 11.6 Å². The van der Waals surface area contributed by atoms with Crippen molar-refractivity contribution in [3.8, 4) is 5.75 Å². The number of hydrogen-bond donors (Lipinski definition) is 0. The summed E-state index contributed by atoms with van der Waals surface area (Å²) in [4.78, 5) is 9.39. The van der Waals surface area contributed by atoms with Gasteiger partial charge in [0.25, 0.3) is 0 Å². The fourth-order valence-corrected chi connectivity index (χ4v) is 3.23. The molecule has 1 aliphatic rings. The van der Waals surface area contributed by atoms with E-state index in [4.69, 9.17) is 9.72 Å². The van der Waals surface area contributed by atoms with Gasteiger partial charge in [-0.2, -0.15) is 0 Å². The highest BCUT2D eigenvalue weighted by Crippen LogP contribution is 2.33. The highest BCUT2D eigenvalue weighted by atomic mass is 16.5. The monoisotopic (exact) mass is 282 g/mol. The molecular weight excluding hydrogens is 260 g/mol. The zero-order valence-corrected chi connectivity index (χ0v) is 13.2. The van der Waals surface area contributed by atoms with Crippen LogP contribution in [0.2, 0.25) is 0 Å². The minimum absolute atomic E-state index is 0.289. The Morgan fingerprint density at radius 1 is 1.14 bits per heavy atom. The topological polar surface area (TPSA) is 35.0 Å². The van der Waals surface area contributed by atoms with Crippen LogP contribution in [0, 0.1) is 12.8 Å². The molecule has 3 rings (SSSR count). The zero-order chi connectivity index (χ0) is 15.0. The molecule has 1 aliphatic carbocycles. The first-order valence-electron chi connectivity index (χ1n) is 7.58. The average Bonchev–Trinajstić information content (AvgIpc) is 2.85. The molecular formula is C18H22N2O. The third kappa shape index (κ3) is 2.65. The van der Waals surface area contributed by atoms with Crippen molar-refractivity contribution in [2.24, 2.45) is 5.92 Å². The molecule has 2 aromatic rings. The van der Waals surface area contributed by atoms with Crippen LogP contribution in [0.5, 0.6) is 5.75 Å². The van der Waals surface area contributed by atoms with Crippen LogP contribution in [-0.4, -0.2) is 17.1 Å². The van der Waals surface area contributed by atoms with Gasteiger partial charge in [0.2, 0.25) is 0 Å². The maximum atomic E-state index is 5.24. The van der Waals surface area contributed by atoms with Gasteiger partial charge in [-0.25, -0.2) is 9.97 Å². The molecule has 0 aliphatic heterocycles. The molecule has 0 spiro atoms. The molecule has 110 valence electrons. The second-order valence-electron chi connectivity index (χ2n) is 6.09. The second kappa shape index (κ2) is 5.47. The number of rotatable bonds is 3. The molecule has 3 heteroatoms. The summed E-state index contributed by atoms with van der Waals surface area (Å²) in [6.07, 6.45) is 2.19. The number of aromatic nitrogens is 2. The Morgan fingerprint density at radius 3 is 2.52 bits per heavy atom. The van der Waals surface area contributed by atoms with Crippen LogP contribution >= 0.6 is 0 Å². The fraction of sp³-hybridized carbons (Fsp3) is 0.444. The number of nitrogens with zero attached hydrogens (tertiary/aromatic N) is 2. The van der Waals surface area contributed by atoms with Crippen LogP contribution in [-0.2, 0) is 12.8 Å². The predicted octanol–water partition coefficient (Wildman–Crippen LogP) is 3.68. The molecule has 2 atom stereocenters. The van der Waals surface area contributed by atoms with Crippen LogP contribution in [0.4, 0.5) is 0 Å². The maximum Gasteiger partial charge on any atom is 0.125 e. The minimum Gasteiger partial charge on any atom is -0.497 e. The number of fused-ring (bicyclic) bond motifs is 1. The van der Waals surface area contributed by atoms with Gasteiger partial charge >= 0.3 is 0 Å². The Labute approximate surface area is 126 Å². The van der Waals surface area contributed by atoms with Crippen LogP contribution < -0.4 is 4.74 Å². The van der Waals surface area contributed by atoms with E-state index in [0.29, 0.717) is 5.92 Å². The molecule has 1 aromatic carbocycles. The summed E-state index contributed by atoms with van der Waals surface area (Å²) >= 11 is 0. The standard InChI is InChI=1S/C18H22N2O/c1-11-9-16-17(10-11)19-13(3)20-18(16)12(2)14-5-7-15(21-4)8-6-14/h5-8,11-12H,9-10H2,1-4H3. The molecule has 2 unspecified atom stereocenters. The van der Waals surface area contributed by atoms with Crippen molar-refractivity contribution in [2.75, 3.05) is 7.11 Å². The van der Waals surface area contributed by atoms with Crippen LogP contribution in [0.3, 0.4) is 0 Å². The molecule has 1 aromatic heterocycles. The quantitative estimate of drug-likeness (QED) is 0.861. The summed E-state index contributed by atoms with van der Waals surface area (Å²) in [5.74, 6) is 2.75. The number of hydrogen-bond acceptors (Lipinski definition) is 3. The van der Waals surface area contributed by atoms with Gasteiger partial charge in [-0.05, 0) is 48.9 Å². The number of aryl methyl sites for hydroxylation is 1. The van der Waals surface area contributed by atoms with Gasteiger partial charge < -0.3 is 4.74 Å². The fourth-order valence-electron chi connectivity index (χ4n) is 3.23. The van der Waals surface area contributed by atoms with Gasteiger partial charge in [0, 0.05) is 11.6 Å². The number of benzene rings is 1. The molecule has 0 amide bonds. The number of methoxy groups -OCH3 is 1. The van der Waals surface area contributed by atoms with Gasteiger partial charge in [-0.3, -0.25) is 0 Å². The minimum atomic E-state index is 0.289. The second-order valence-corrected chi connectivity index (χ2v) is 6.09. The molecule has 0 fully saturated rings. The SMILES string of the molecule is COc1ccc(C(C)c2nc(C)nc3c2CC(C)C3)cc1. The summed E-state index contributed by atoms with van der Waals surface area (Å²) in [7, 11) is 1.69. The molecule has 0 N–H and O–H groups in total. The lowest BCUT2D eigenvalue weighted by atomic mass is 9.93. The average molecular weight is 282 g/mol. The van der Waals surface area contributed by atoms with Crippen LogP contribution in [0.15, 0.2) is 24.3 Å². The van der Waals surface area contributed by atoms with E-state index >= 15 is 0 Å². The van der Waals surface area contributed by atoms with Crippen LogP contribution in [0.25, 0.3) is 0 Å². The molecule has 21 heavy (non-hydrogen) atoms. The van der Waals surface area contributed by atoms with Gasteiger partial charge in [0.05, 0.1) is 12.8 Å². The lowest BCUT2D eigenvalue weighted by Gasteiger charge is -2.16. The Hall–Kier alpha value is -1.90. The van der Waals surface area contributed by atoms with Gasteiger partial charge in [-0.15, -0.1) is 0 Å². The van der Waals surface area contributed by atoms with Crippen molar-refractivity contribution in [1.82, 2.24) is 9.97 Å². The molecule has 0 radical (unpaired) electrons. The van der Waals surface area contributed by atoms with Crippen molar-refractivity contribution in [1.29, 1.82) is 0 Å². The lowest BCUT2D eigenvalue weighted by Crippen LogP contribution is -2.08. The van der Waals surface area contributed by atoms with Crippen LogP contribution in [0.1, 0.15) is 48.1 Å². The highest BCUT2D eigenvalue weighted by Gasteiger charge is 2.26. The lowest BCUT2D eigenvalue weighted by molar-refractivity contribution is 0.414. The predicted molar refractivity (Wildman–Crippen MR) is 83.9 cm³/mol. The van der Waals surface area contributed by atoms with E-state index in [2.05, 4.69) is 31.0 Å². The first-order chi connectivity index (χ1) is 10.1. The Kier molecular flexibility index (Phi) is 3.66. The Bertz CT molecular complexity index is 649. The molecule has 3 nitrogen and oxygen atoms in total. The zero-order valence-electron chi connectivity index (χ0n) is 13.2. The van der Waals surface area contributed by atoms with Crippen molar-refractivity contribution in [3.05, 3.63) is 52.6 Å². The molecule has 0 bridgehead atoms. The Morgan fingerprint density at radius 2 is 1.86 bits per heavy atom. The van der Waals surface area contributed by atoms with E-state index in [-0.39, 0.29) is 5.92 Å². The van der Waals surface area contributed by atoms with Gasteiger partial charge in [-0.1, -0.05) is 26.0 Å². The third-order valence-corrected chi connectivity index (χ3v) is 4.36. The van der Waals surface area contributed by atoms with E-state index in [9.17, 15) is 0 Å². The highest BCUT2D eigenvalue weighted by molar-refractivity contribution is 5.39.